The van der Waals surface area contributed by atoms with Gasteiger partial charge in [-0.05, 0) is 24.6 Å². The SMILES string of the molecule is Cc1noc(-c2cccc(C=NN=C3NC(=O)C(CC(=O)O)S3)c2)n1. The van der Waals surface area contributed by atoms with Gasteiger partial charge in [-0.3, -0.25) is 9.59 Å². The molecule has 9 nitrogen and oxygen atoms in total. The third kappa shape index (κ3) is 4.29. The monoisotopic (exact) mass is 359 g/mol. The molecule has 1 atom stereocenters. The Hall–Kier alpha value is -3.01. The van der Waals surface area contributed by atoms with E-state index in [0.717, 1.165) is 22.9 Å². The molecule has 0 saturated carbocycles. The lowest BCUT2D eigenvalue weighted by molar-refractivity contribution is -0.138. The van der Waals surface area contributed by atoms with Crippen LogP contribution < -0.4 is 5.32 Å². The maximum atomic E-state index is 11.6. The number of amidine groups is 1. The Kier molecular flexibility index (Phi) is 4.89. The van der Waals surface area contributed by atoms with Crippen LogP contribution in [0.2, 0.25) is 0 Å². The van der Waals surface area contributed by atoms with Crippen molar-refractivity contribution >= 4 is 35.0 Å². The average Bonchev–Trinajstić information content (AvgIpc) is 3.14. The molecule has 1 aliphatic heterocycles. The highest BCUT2D eigenvalue weighted by Crippen LogP contribution is 2.22. The van der Waals surface area contributed by atoms with Gasteiger partial charge in [-0.25, -0.2) is 0 Å². The summed E-state index contributed by atoms with van der Waals surface area (Å²) in [6, 6.07) is 7.28. The van der Waals surface area contributed by atoms with Gasteiger partial charge < -0.3 is 14.9 Å². The molecule has 25 heavy (non-hydrogen) atoms. The number of amides is 1. The second kappa shape index (κ2) is 7.26. The van der Waals surface area contributed by atoms with Crippen LogP contribution in [0.4, 0.5) is 0 Å². The summed E-state index contributed by atoms with van der Waals surface area (Å²) in [5, 5.41) is 22.4. The molecule has 1 fully saturated rings. The minimum atomic E-state index is -1.04. The van der Waals surface area contributed by atoms with Gasteiger partial charge in [0.15, 0.2) is 11.0 Å². The van der Waals surface area contributed by atoms with Crippen molar-refractivity contribution in [3.05, 3.63) is 35.7 Å². The first-order valence-corrected chi connectivity index (χ1v) is 8.10. The van der Waals surface area contributed by atoms with Crippen molar-refractivity contribution in [2.24, 2.45) is 10.2 Å². The average molecular weight is 359 g/mol. The molecule has 1 aromatic heterocycles. The molecule has 0 spiro atoms. The Morgan fingerprint density at radius 3 is 3.08 bits per heavy atom. The van der Waals surface area contributed by atoms with Gasteiger partial charge in [-0.1, -0.05) is 29.1 Å². The first kappa shape index (κ1) is 16.8. The van der Waals surface area contributed by atoms with E-state index >= 15 is 0 Å². The van der Waals surface area contributed by atoms with E-state index in [0.29, 0.717) is 11.7 Å². The predicted molar refractivity (Wildman–Crippen MR) is 91.3 cm³/mol. The maximum absolute atomic E-state index is 11.6. The van der Waals surface area contributed by atoms with Gasteiger partial charge in [0.05, 0.1) is 12.6 Å². The molecule has 0 aliphatic carbocycles. The molecule has 1 amide bonds. The van der Waals surface area contributed by atoms with E-state index in [1.807, 2.05) is 24.3 Å². The van der Waals surface area contributed by atoms with Crippen molar-refractivity contribution in [3.8, 4) is 11.5 Å². The zero-order valence-corrected chi connectivity index (χ0v) is 13.9. The Bertz CT molecular complexity index is 876. The number of rotatable bonds is 5. The number of carboxylic acid groups (broad SMARTS) is 1. The molecule has 1 saturated heterocycles. The summed E-state index contributed by atoms with van der Waals surface area (Å²) in [5.41, 5.74) is 1.51. The van der Waals surface area contributed by atoms with Crippen molar-refractivity contribution in [1.82, 2.24) is 15.5 Å². The Morgan fingerprint density at radius 2 is 2.36 bits per heavy atom. The zero-order valence-electron chi connectivity index (χ0n) is 13.0. The molecule has 10 heteroatoms. The summed E-state index contributed by atoms with van der Waals surface area (Å²) in [5.74, 6) is -0.458. The fourth-order valence-electron chi connectivity index (χ4n) is 2.06. The Balaban J connectivity index is 1.68. The summed E-state index contributed by atoms with van der Waals surface area (Å²) in [4.78, 5) is 26.4. The number of carbonyl (C=O) groups is 2. The number of aliphatic carboxylic acids is 1. The lowest BCUT2D eigenvalue weighted by Crippen LogP contribution is -2.26. The molecule has 2 heterocycles. The molecular weight excluding hydrogens is 346 g/mol. The highest BCUT2D eigenvalue weighted by atomic mass is 32.2. The lowest BCUT2D eigenvalue weighted by Gasteiger charge is -1.98. The van der Waals surface area contributed by atoms with Crippen LogP contribution in [-0.2, 0) is 9.59 Å². The Labute approximate surface area is 146 Å². The quantitative estimate of drug-likeness (QED) is 0.610. The number of aromatic nitrogens is 2. The van der Waals surface area contributed by atoms with Crippen LogP contribution >= 0.6 is 11.8 Å². The van der Waals surface area contributed by atoms with Crippen molar-refractivity contribution < 1.29 is 19.2 Å². The summed E-state index contributed by atoms with van der Waals surface area (Å²) in [6.45, 7) is 1.74. The number of nitrogens with one attached hydrogen (secondary N) is 1. The van der Waals surface area contributed by atoms with Crippen molar-refractivity contribution in [3.63, 3.8) is 0 Å². The highest BCUT2D eigenvalue weighted by Gasteiger charge is 2.32. The number of thioether (sulfide) groups is 1. The fourth-order valence-corrected chi connectivity index (χ4v) is 2.97. The van der Waals surface area contributed by atoms with E-state index < -0.39 is 11.2 Å². The van der Waals surface area contributed by atoms with Crippen molar-refractivity contribution in [2.45, 2.75) is 18.6 Å². The molecule has 128 valence electrons. The molecule has 3 rings (SSSR count). The summed E-state index contributed by atoms with van der Waals surface area (Å²) < 4.78 is 5.11. The smallest absolute Gasteiger partial charge is 0.305 e. The number of carbonyl (C=O) groups excluding carboxylic acids is 1. The molecule has 0 bridgehead atoms. The number of nitrogens with zero attached hydrogens (tertiary/aromatic N) is 4. The summed E-state index contributed by atoms with van der Waals surface area (Å²) in [6.07, 6.45) is 1.25. The van der Waals surface area contributed by atoms with Gasteiger partial charge >= 0.3 is 5.97 Å². The minimum absolute atomic E-state index is 0.259. The molecule has 2 aromatic rings. The highest BCUT2D eigenvalue weighted by molar-refractivity contribution is 8.15. The maximum Gasteiger partial charge on any atom is 0.305 e. The molecular formula is C15H13N5O4S. The number of hydrogen-bond acceptors (Lipinski definition) is 8. The Morgan fingerprint density at radius 1 is 1.52 bits per heavy atom. The third-order valence-electron chi connectivity index (χ3n) is 3.15. The standard InChI is InChI=1S/C15H13N5O4S/c1-8-17-14(24-20-8)10-4-2-3-9(5-10)7-16-19-15-18-13(23)11(25-15)6-12(21)22/h2-5,7,11H,6H2,1H3,(H,21,22)(H,18,19,23). The van der Waals surface area contributed by atoms with Crippen molar-refractivity contribution in [1.29, 1.82) is 0 Å². The van der Waals surface area contributed by atoms with Gasteiger partial charge in [-0.2, -0.15) is 10.1 Å². The first-order valence-electron chi connectivity index (χ1n) is 7.22. The van der Waals surface area contributed by atoms with Gasteiger partial charge in [0, 0.05) is 5.56 Å². The predicted octanol–water partition coefficient (Wildman–Crippen LogP) is 1.44. The summed E-state index contributed by atoms with van der Waals surface area (Å²) >= 11 is 1.05. The van der Waals surface area contributed by atoms with E-state index in [4.69, 9.17) is 9.63 Å². The molecule has 1 aliphatic rings. The molecule has 1 aromatic carbocycles. The van der Waals surface area contributed by atoms with Crippen LogP contribution in [0, 0.1) is 6.92 Å². The van der Waals surface area contributed by atoms with Gasteiger partial charge in [-0.15, -0.1) is 5.10 Å². The van der Waals surface area contributed by atoms with Gasteiger partial charge in [0.2, 0.25) is 5.91 Å². The summed E-state index contributed by atoms with van der Waals surface area (Å²) in [7, 11) is 0. The minimum Gasteiger partial charge on any atom is -0.481 e. The largest absolute Gasteiger partial charge is 0.481 e. The normalized spacial score (nSPS) is 18.8. The van der Waals surface area contributed by atoms with E-state index in [-0.39, 0.29) is 17.5 Å². The molecule has 0 radical (unpaired) electrons. The van der Waals surface area contributed by atoms with Crippen LogP contribution in [0.1, 0.15) is 17.8 Å². The number of benzene rings is 1. The van der Waals surface area contributed by atoms with Gasteiger partial charge in [0.1, 0.15) is 5.25 Å². The second-order valence-electron chi connectivity index (χ2n) is 5.12. The third-order valence-corrected chi connectivity index (χ3v) is 4.23. The topological polar surface area (TPSA) is 130 Å². The van der Waals surface area contributed by atoms with E-state index in [1.165, 1.54) is 6.21 Å². The van der Waals surface area contributed by atoms with Crippen molar-refractivity contribution in [2.75, 3.05) is 0 Å². The van der Waals surface area contributed by atoms with Crippen LogP contribution in [0.3, 0.4) is 0 Å². The number of carboxylic acids is 1. The number of hydrogen-bond donors (Lipinski definition) is 2. The van der Waals surface area contributed by atoms with Crippen LogP contribution in [0.25, 0.3) is 11.5 Å². The fraction of sp³-hybridized carbons (Fsp3) is 0.200. The van der Waals surface area contributed by atoms with Gasteiger partial charge in [0.25, 0.3) is 5.89 Å². The van der Waals surface area contributed by atoms with E-state index in [9.17, 15) is 9.59 Å². The second-order valence-corrected chi connectivity index (χ2v) is 6.31. The first-order chi connectivity index (χ1) is 12.0. The van der Waals surface area contributed by atoms with E-state index in [2.05, 4.69) is 25.7 Å². The van der Waals surface area contributed by atoms with Crippen LogP contribution in [0.5, 0.6) is 0 Å². The zero-order chi connectivity index (χ0) is 17.8. The number of aryl methyl sites for hydroxylation is 1. The van der Waals surface area contributed by atoms with E-state index in [1.54, 1.807) is 6.92 Å². The van der Waals surface area contributed by atoms with Crippen LogP contribution in [0.15, 0.2) is 39.0 Å². The molecule has 1 unspecified atom stereocenters. The van der Waals surface area contributed by atoms with Crippen LogP contribution in [-0.4, -0.2) is 43.8 Å². The molecule has 2 N–H and O–H groups in total. The lowest BCUT2D eigenvalue weighted by atomic mass is 10.1.